The first kappa shape index (κ1) is 16.5. The van der Waals surface area contributed by atoms with Crippen molar-refractivity contribution in [3.8, 4) is 0 Å². The molecule has 1 aromatic rings. The summed E-state index contributed by atoms with van der Waals surface area (Å²) in [6.45, 7) is 2.04. The number of amides is 1. The lowest BCUT2D eigenvalue weighted by Crippen LogP contribution is -2.42. The van der Waals surface area contributed by atoms with Gasteiger partial charge >= 0.3 is 0 Å². The largest absolute Gasteiger partial charge is 0.394 e. The topological polar surface area (TPSA) is 64.3 Å². The summed E-state index contributed by atoms with van der Waals surface area (Å²) < 4.78 is 20.8. The first-order chi connectivity index (χ1) is 10.5. The van der Waals surface area contributed by atoms with Gasteiger partial charge in [-0.15, -0.1) is 0 Å². The second-order valence-corrected chi connectivity index (χ2v) is 5.72. The standard InChI is InChI=1S/C17H23FN2O2/c1-11-6-4-7-12(10-20-2)17(11,22-3)14-9-5-8-13(15(14)18)16(19)21/h5,8-11,20H,4,6-7H2,1-3H3,(H2,19,21)/b12-10+. The number of carbonyl (C=O) groups excluding carboxylic acids is 1. The van der Waals surface area contributed by atoms with Gasteiger partial charge in [0.15, 0.2) is 0 Å². The molecule has 2 unspecified atom stereocenters. The smallest absolute Gasteiger partial charge is 0.251 e. The van der Waals surface area contributed by atoms with Gasteiger partial charge in [-0.05, 0) is 43.0 Å². The third-order valence-electron chi connectivity index (χ3n) is 4.56. The van der Waals surface area contributed by atoms with E-state index in [1.165, 1.54) is 6.07 Å². The van der Waals surface area contributed by atoms with Crippen LogP contribution >= 0.6 is 0 Å². The molecule has 1 fully saturated rings. The molecular weight excluding hydrogens is 283 g/mol. The minimum absolute atomic E-state index is 0.0866. The zero-order valence-corrected chi connectivity index (χ0v) is 13.3. The van der Waals surface area contributed by atoms with Crippen LogP contribution in [-0.2, 0) is 10.3 Å². The summed E-state index contributed by atoms with van der Waals surface area (Å²) in [6, 6.07) is 4.73. The predicted octanol–water partition coefficient (Wildman–Crippen LogP) is 2.69. The van der Waals surface area contributed by atoms with Crippen LogP contribution < -0.4 is 11.1 Å². The van der Waals surface area contributed by atoms with Crippen molar-refractivity contribution in [2.45, 2.75) is 31.8 Å². The molecule has 120 valence electrons. The summed E-state index contributed by atoms with van der Waals surface area (Å²) >= 11 is 0. The number of rotatable bonds is 4. The molecule has 0 aromatic heterocycles. The van der Waals surface area contributed by atoms with Crippen molar-refractivity contribution in [2.24, 2.45) is 11.7 Å². The molecule has 1 saturated carbocycles. The van der Waals surface area contributed by atoms with Crippen molar-refractivity contribution in [3.63, 3.8) is 0 Å². The van der Waals surface area contributed by atoms with E-state index in [1.54, 1.807) is 19.2 Å². The molecule has 3 N–H and O–H groups in total. The third kappa shape index (κ3) is 2.50. The van der Waals surface area contributed by atoms with E-state index in [0.29, 0.717) is 5.56 Å². The fourth-order valence-corrected chi connectivity index (χ4v) is 3.55. The number of ether oxygens (including phenoxy) is 1. The molecule has 1 amide bonds. The quantitative estimate of drug-likeness (QED) is 0.899. The summed E-state index contributed by atoms with van der Waals surface area (Å²) in [5.41, 5.74) is 5.66. The monoisotopic (exact) mass is 306 g/mol. The maximum atomic E-state index is 14.9. The van der Waals surface area contributed by atoms with Gasteiger partial charge in [-0.25, -0.2) is 4.39 Å². The van der Waals surface area contributed by atoms with Crippen LogP contribution in [0.5, 0.6) is 0 Å². The normalized spacial score (nSPS) is 26.9. The summed E-state index contributed by atoms with van der Waals surface area (Å²) in [7, 11) is 3.39. The highest BCUT2D eigenvalue weighted by Crippen LogP contribution is 2.48. The third-order valence-corrected chi connectivity index (χ3v) is 4.56. The van der Waals surface area contributed by atoms with Crippen LogP contribution in [0.3, 0.4) is 0 Å². The lowest BCUT2D eigenvalue weighted by molar-refractivity contribution is -0.0458. The summed E-state index contributed by atoms with van der Waals surface area (Å²) in [5, 5.41) is 3.02. The Morgan fingerprint density at radius 3 is 2.86 bits per heavy atom. The molecule has 1 aliphatic carbocycles. The van der Waals surface area contributed by atoms with Crippen LogP contribution in [0.1, 0.15) is 42.1 Å². The maximum Gasteiger partial charge on any atom is 0.251 e. The van der Waals surface area contributed by atoms with Crippen LogP contribution in [0.4, 0.5) is 4.39 Å². The van der Waals surface area contributed by atoms with Gasteiger partial charge in [0, 0.05) is 19.7 Å². The molecule has 1 aromatic carbocycles. The number of primary amides is 1. The molecule has 22 heavy (non-hydrogen) atoms. The Morgan fingerprint density at radius 1 is 1.55 bits per heavy atom. The van der Waals surface area contributed by atoms with Crippen molar-refractivity contribution >= 4 is 5.91 Å². The summed E-state index contributed by atoms with van der Waals surface area (Å²) in [5.74, 6) is -1.27. The Hall–Kier alpha value is -1.88. The Kier molecular flexibility index (Phi) is 4.86. The van der Waals surface area contributed by atoms with E-state index in [0.717, 1.165) is 24.8 Å². The van der Waals surface area contributed by atoms with E-state index < -0.39 is 17.3 Å². The van der Waals surface area contributed by atoms with Crippen LogP contribution in [0.25, 0.3) is 0 Å². The van der Waals surface area contributed by atoms with Gasteiger partial charge in [-0.2, -0.15) is 0 Å². The number of hydrogen-bond acceptors (Lipinski definition) is 3. The Labute approximate surface area is 130 Å². The van der Waals surface area contributed by atoms with E-state index in [9.17, 15) is 9.18 Å². The predicted molar refractivity (Wildman–Crippen MR) is 83.8 cm³/mol. The zero-order valence-electron chi connectivity index (χ0n) is 13.3. The summed E-state index contributed by atoms with van der Waals surface area (Å²) in [6.07, 6.45) is 4.64. The minimum atomic E-state index is -0.878. The zero-order chi connectivity index (χ0) is 16.3. The Bertz CT molecular complexity index is 600. The van der Waals surface area contributed by atoms with Crippen LogP contribution in [0.15, 0.2) is 30.0 Å². The first-order valence-electron chi connectivity index (χ1n) is 7.49. The van der Waals surface area contributed by atoms with Crippen LogP contribution in [0.2, 0.25) is 0 Å². The van der Waals surface area contributed by atoms with Gasteiger partial charge in [0.1, 0.15) is 11.4 Å². The van der Waals surface area contributed by atoms with Crippen LogP contribution in [-0.4, -0.2) is 20.1 Å². The fraction of sp³-hybridized carbons (Fsp3) is 0.471. The van der Waals surface area contributed by atoms with E-state index in [-0.39, 0.29) is 11.5 Å². The highest BCUT2D eigenvalue weighted by molar-refractivity contribution is 5.93. The van der Waals surface area contributed by atoms with Gasteiger partial charge in [0.25, 0.3) is 5.91 Å². The molecular formula is C17H23FN2O2. The summed E-state index contributed by atoms with van der Waals surface area (Å²) in [4.78, 5) is 11.5. The van der Waals surface area contributed by atoms with E-state index >= 15 is 0 Å². The average molecular weight is 306 g/mol. The average Bonchev–Trinajstić information content (AvgIpc) is 2.49. The molecule has 2 rings (SSSR count). The molecule has 1 aliphatic rings. The second-order valence-electron chi connectivity index (χ2n) is 5.72. The van der Waals surface area contributed by atoms with Gasteiger partial charge in [-0.1, -0.05) is 19.1 Å². The molecule has 4 nitrogen and oxygen atoms in total. The van der Waals surface area contributed by atoms with Crippen molar-refractivity contribution in [3.05, 3.63) is 46.9 Å². The molecule has 5 heteroatoms. The Morgan fingerprint density at radius 2 is 2.27 bits per heavy atom. The second kappa shape index (κ2) is 6.48. The van der Waals surface area contributed by atoms with Crippen molar-refractivity contribution < 1.29 is 13.9 Å². The lowest BCUT2D eigenvalue weighted by Gasteiger charge is -2.44. The molecule has 0 heterocycles. The number of nitrogens with one attached hydrogen (secondary N) is 1. The fourth-order valence-electron chi connectivity index (χ4n) is 3.55. The Balaban J connectivity index is 2.69. The van der Waals surface area contributed by atoms with Crippen molar-refractivity contribution in [1.29, 1.82) is 0 Å². The van der Waals surface area contributed by atoms with E-state index in [4.69, 9.17) is 10.5 Å². The van der Waals surface area contributed by atoms with Crippen molar-refractivity contribution in [1.82, 2.24) is 5.32 Å². The number of methoxy groups -OCH3 is 1. The number of halogens is 1. The number of carbonyl (C=O) groups is 1. The molecule has 0 spiro atoms. The molecule has 0 saturated heterocycles. The number of hydrogen-bond donors (Lipinski definition) is 2. The maximum absolute atomic E-state index is 14.9. The lowest BCUT2D eigenvalue weighted by atomic mass is 9.68. The SMILES string of the molecule is CN/C=C1\CCCC(C)C1(OC)c1cccc(C(N)=O)c1F. The van der Waals surface area contributed by atoms with Gasteiger partial charge < -0.3 is 15.8 Å². The van der Waals surface area contributed by atoms with Gasteiger partial charge in [0.05, 0.1) is 5.56 Å². The van der Waals surface area contributed by atoms with Crippen molar-refractivity contribution in [2.75, 3.05) is 14.2 Å². The van der Waals surface area contributed by atoms with Crippen LogP contribution in [0, 0.1) is 11.7 Å². The van der Waals surface area contributed by atoms with Gasteiger partial charge in [0.2, 0.25) is 0 Å². The number of benzene rings is 1. The van der Waals surface area contributed by atoms with Gasteiger partial charge in [-0.3, -0.25) is 4.79 Å². The molecule has 0 aliphatic heterocycles. The molecule has 2 atom stereocenters. The minimum Gasteiger partial charge on any atom is -0.394 e. The van der Waals surface area contributed by atoms with E-state index in [1.807, 2.05) is 20.2 Å². The molecule has 0 bridgehead atoms. The first-order valence-corrected chi connectivity index (χ1v) is 7.49. The molecule has 0 radical (unpaired) electrons. The van der Waals surface area contributed by atoms with E-state index in [2.05, 4.69) is 5.32 Å². The highest BCUT2D eigenvalue weighted by Gasteiger charge is 2.46. The number of nitrogens with two attached hydrogens (primary N) is 1. The highest BCUT2D eigenvalue weighted by atomic mass is 19.1.